The van der Waals surface area contributed by atoms with E-state index in [1.165, 1.54) is 6.26 Å². The molecule has 24 heavy (non-hydrogen) atoms. The van der Waals surface area contributed by atoms with Gasteiger partial charge in [-0.15, -0.1) is 0 Å². The van der Waals surface area contributed by atoms with Gasteiger partial charge in [0.2, 0.25) is 0 Å². The molecule has 0 spiro atoms. The lowest BCUT2D eigenvalue weighted by Crippen LogP contribution is -2.09. The molecule has 0 bridgehead atoms. The molecular formula is C16H26N4O3S. The van der Waals surface area contributed by atoms with Crippen molar-refractivity contribution in [3.05, 3.63) is 17.1 Å². The molecule has 7 nitrogen and oxygen atoms in total. The molecule has 0 unspecified atom stereocenters. The topological polar surface area (TPSA) is 100 Å². The molecule has 0 saturated heterocycles. The molecule has 8 heteroatoms. The van der Waals surface area contributed by atoms with Crippen molar-refractivity contribution >= 4 is 26.7 Å². The predicted molar refractivity (Wildman–Crippen MR) is 95.7 cm³/mol. The number of pyridine rings is 1. The minimum Gasteiger partial charge on any atom is -0.382 e. The fraction of sp³-hybridized carbons (Fsp3) is 0.625. The third-order valence-corrected chi connectivity index (χ3v) is 5.09. The lowest BCUT2D eigenvalue weighted by molar-refractivity contribution is 0.126. The van der Waals surface area contributed by atoms with Gasteiger partial charge in [-0.05, 0) is 39.2 Å². The SMILES string of the molecule is CCOCc1nc2c(N)nc(C)c(C)c2n1CCCCS(C)(=O)=O. The van der Waals surface area contributed by atoms with Crippen molar-refractivity contribution in [3.63, 3.8) is 0 Å². The molecule has 0 fully saturated rings. The summed E-state index contributed by atoms with van der Waals surface area (Å²) < 4.78 is 30.2. The molecule has 2 aromatic rings. The van der Waals surface area contributed by atoms with Crippen LogP contribution in [-0.4, -0.2) is 41.6 Å². The van der Waals surface area contributed by atoms with E-state index in [2.05, 4.69) is 14.5 Å². The van der Waals surface area contributed by atoms with Gasteiger partial charge in [0, 0.05) is 30.9 Å². The fourth-order valence-corrected chi connectivity index (χ4v) is 3.45. The Balaban J connectivity index is 2.36. The van der Waals surface area contributed by atoms with E-state index in [1.807, 2.05) is 20.8 Å². The van der Waals surface area contributed by atoms with Crippen molar-refractivity contribution in [2.24, 2.45) is 0 Å². The second kappa shape index (κ2) is 7.48. The molecule has 0 radical (unpaired) electrons. The highest BCUT2D eigenvalue weighted by atomic mass is 32.2. The monoisotopic (exact) mass is 354 g/mol. The molecule has 0 amide bonds. The van der Waals surface area contributed by atoms with E-state index in [-0.39, 0.29) is 5.75 Å². The summed E-state index contributed by atoms with van der Waals surface area (Å²) in [6.45, 7) is 7.54. The Morgan fingerprint density at radius 3 is 2.54 bits per heavy atom. The van der Waals surface area contributed by atoms with E-state index in [1.54, 1.807) is 0 Å². The zero-order valence-electron chi connectivity index (χ0n) is 14.8. The first kappa shape index (κ1) is 18.7. The number of hydrogen-bond acceptors (Lipinski definition) is 6. The van der Waals surface area contributed by atoms with E-state index < -0.39 is 9.84 Å². The number of anilines is 1. The molecule has 0 aliphatic heterocycles. The number of rotatable bonds is 8. The Bertz CT molecular complexity index is 828. The number of nitrogen functional groups attached to an aromatic ring is 1. The van der Waals surface area contributed by atoms with Crippen LogP contribution in [-0.2, 0) is 27.7 Å². The summed E-state index contributed by atoms with van der Waals surface area (Å²) in [5.74, 6) is 1.41. The molecule has 0 aromatic carbocycles. The second-order valence-electron chi connectivity index (χ2n) is 6.06. The highest BCUT2D eigenvalue weighted by Crippen LogP contribution is 2.26. The van der Waals surface area contributed by atoms with Crippen LogP contribution in [0.1, 0.15) is 36.8 Å². The smallest absolute Gasteiger partial charge is 0.151 e. The number of aryl methyl sites for hydroxylation is 3. The van der Waals surface area contributed by atoms with Gasteiger partial charge in [0.25, 0.3) is 0 Å². The average molecular weight is 354 g/mol. The maximum Gasteiger partial charge on any atom is 0.151 e. The van der Waals surface area contributed by atoms with Crippen molar-refractivity contribution in [2.75, 3.05) is 24.3 Å². The van der Waals surface area contributed by atoms with Crippen molar-refractivity contribution in [1.29, 1.82) is 0 Å². The summed E-state index contributed by atoms with van der Waals surface area (Å²) in [4.78, 5) is 8.96. The van der Waals surface area contributed by atoms with E-state index in [9.17, 15) is 8.42 Å². The van der Waals surface area contributed by atoms with Gasteiger partial charge in [0.05, 0.1) is 5.52 Å². The first-order valence-electron chi connectivity index (χ1n) is 8.11. The second-order valence-corrected chi connectivity index (χ2v) is 8.32. The van der Waals surface area contributed by atoms with Crippen LogP contribution < -0.4 is 5.73 Å². The van der Waals surface area contributed by atoms with Gasteiger partial charge in [0.1, 0.15) is 27.8 Å². The molecule has 2 heterocycles. The Hall–Kier alpha value is -1.67. The van der Waals surface area contributed by atoms with E-state index in [4.69, 9.17) is 10.5 Å². The van der Waals surface area contributed by atoms with Gasteiger partial charge in [-0.2, -0.15) is 0 Å². The summed E-state index contributed by atoms with van der Waals surface area (Å²) in [6.07, 6.45) is 2.63. The molecule has 0 aliphatic carbocycles. The summed E-state index contributed by atoms with van der Waals surface area (Å²) >= 11 is 0. The van der Waals surface area contributed by atoms with Gasteiger partial charge >= 0.3 is 0 Å². The van der Waals surface area contributed by atoms with Crippen molar-refractivity contribution in [1.82, 2.24) is 14.5 Å². The maximum atomic E-state index is 11.3. The van der Waals surface area contributed by atoms with Crippen LogP contribution in [0.3, 0.4) is 0 Å². The lowest BCUT2D eigenvalue weighted by Gasteiger charge is -2.11. The molecule has 0 saturated carbocycles. The third-order valence-electron chi connectivity index (χ3n) is 4.06. The van der Waals surface area contributed by atoms with Crippen molar-refractivity contribution in [3.8, 4) is 0 Å². The summed E-state index contributed by atoms with van der Waals surface area (Å²) in [7, 11) is -2.93. The number of unbranched alkanes of at least 4 members (excludes halogenated alkanes) is 1. The predicted octanol–water partition coefficient (Wildman–Crippen LogP) is 1.99. The van der Waals surface area contributed by atoms with Gasteiger partial charge in [-0.3, -0.25) is 0 Å². The Morgan fingerprint density at radius 1 is 1.21 bits per heavy atom. The van der Waals surface area contributed by atoms with Crippen molar-refractivity contribution < 1.29 is 13.2 Å². The van der Waals surface area contributed by atoms with Gasteiger partial charge in [-0.1, -0.05) is 0 Å². The maximum absolute atomic E-state index is 11.3. The standard InChI is InChI=1S/C16H26N4O3S/c1-5-23-10-13-19-14-15(11(2)12(3)18-16(14)17)20(13)8-6-7-9-24(4,21)22/h5-10H2,1-4H3,(H2,17,18). The summed E-state index contributed by atoms with van der Waals surface area (Å²) in [6, 6.07) is 0. The minimum absolute atomic E-state index is 0.197. The van der Waals surface area contributed by atoms with Crippen LogP contribution in [0, 0.1) is 13.8 Å². The first-order chi connectivity index (χ1) is 11.2. The van der Waals surface area contributed by atoms with Crippen LogP contribution in [0.25, 0.3) is 11.0 Å². The first-order valence-corrected chi connectivity index (χ1v) is 10.2. The molecule has 2 rings (SSSR count). The molecular weight excluding hydrogens is 328 g/mol. The number of aromatic nitrogens is 3. The average Bonchev–Trinajstić information content (AvgIpc) is 2.85. The largest absolute Gasteiger partial charge is 0.382 e. The molecule has 2 N–H and O–H groups in total. The molecule has 2 aromatic heterocycles. The van der Waals surface area contributed by atoms with E-state index in [0.717, 1.165) is 29.0 Å². The summed E-state index contributed by atoms with van der Waals surface area (Å²) in [5, 5.41) is 0. The highest BCUT2D eigenvalue weighted by Gasteiger charge is 2.17. The third kappa shape index (κ3) is 4.24. The summed E-state index contributed by atoms with van der Waals surface area (Å²) in [5.41, 5.74) is 9.61. The number of nitrogens with two attached hydrogens (primary N) is 1. The van der Waals surface area contributed by atoms with E-state index in [0.29, 0.717) is 37.5 Å². The van der Waals surface area contributed by atoms with Crippen molar-refractivity contribution in [2.45, 2.75) is 46.8 Å². The molecule has 134 valence electrons. The number of imidazole rings is 1. The van der Waals surface area contributed by atoms with Crippen LogP contribution in [0.4, 0.5) is 5.82 Å². The number of nitrogens with zero attached hydrogens (tertiary/aromatic N) is 3. The van der Waals surface area contributed by atoms with Crippen LogP contribution in [0.15, 0.2) is 0 Å². The Kier molecular flexibility index (Phi) is 5.82. The van der Waals surface area contributed by atoms with Gasteiger partial charge in [0.15, 0.2) is 5.82 Å². The normalized spacial score (nSPS) is 12.2. The number of sulfone groups is 1. The quantitative estimate of drug-likeness (QED) is 0.728. The number of ether oxygens (including phenoxy) is 1. The van der Waals surface area contributed by atoms with E-state index >= 15 is 0 Å². The molecule has 0 atom stereocenters. The zero-order chi connectivity index (χ0) is 17.9. The minimum atomic E-state index is -2.93. The number of hydrogen-bond donors (Lipinski definition) is 1. The fourth-order valence-electron chi connectivity index (χ4n) is 2.73. The molecule has 0 aliphatic rings. The Morgan fingerprint density at radius 2 is 1.92 bits per heavy atom. The lowest BCUT2D eigenvalue weighted by atomic mass is 10.2. The number of fused-ring (bicyclic) bond motifs is 1. The van der Waals surface area contributed by atoms with Crippen LogP contribution >= 0.6 is 0 Å². The Labute approximate surface area is 143 Å². The van der Waals surface area contributed by atoms with Crippen LogP contribution in [0.5, 0.6) is 0 Å². The van der Waals surface area contributed by atoms with Crippen LogP contribution in [0.2, 0.25) is 0 Å². The zero-order valence-corrected chi connectivity index (χ0v) is 15.6. The van der Waals surface area contributed by atoms with Gasteiger partial charge in [-0.25, -0.2) is 18.4 Å². The highest BCUT2D eigenvalue weighted by molar-refractivity contribution is 7.90. The van der Waals surface area contributed by atoms with Gasteiger partial charge < -0.3 is 15.0 Å².